The van der Waals surface area contributed by atoms with E-state index in [9.17, 15) is 9.50 Å². The molecule has 1 aliphatic heterocycles. The molecule has 0 bridgehead atoms. The van der Waals surface area contributed by atoms with Crippen LogP contribution in [0.5, 0.6) is 0 Å². The first-order valence-electron chi connectivity index (χ1n) is 7.00. The number of likely N-dealkylation sites (N-methyl/N-ethyl adjacent to an activating group) is 1. The van der Waals surface area contributed by atoms with Crippen LogP contribution in [0, 0.1) is 5.82 Å². The van der Waals surface area contributed by atoms with Gasteiger partial charge in [0, 0.05) is 25.7 Å². The van der Waals surface area contributed by atoms with Crippen LogP contribution in [-0.4, -0.2) is 18.7 Å². The maximum Gasteiger partial charge on any atom is 0.137 e. The number of aliphatic hydroxyl groups excluding tert-OH is 1. The molecule has 2 aromatic carbocycles. The minimum Gasteiger partial charge on any atom is -0.388 e. The van der Waals surface area contributed by atoms with Crippen LogP contribution >= 0.6 is 15.9 Å². The molecule has 21 heavy (non-hydrogen) atoms. The molecule has 3 rings (SSSR count). The third-order valence-electron chi connectivity index (χ3n) is 4.03. The summed E-state index contributed by atoms with van der Waals surface area (Å²) in [7, 11) is 2.08. The average molecular weight is 350 g/mol. The fourth-order valence-electron chi connectivity index (χ4n) is 2.80. The SMILES string of the molecule is CN1CCc2cc(C(O)Cc3ccc(F)c(Br)c3)ccc21. The summed E-state index contributed by atoms with van der Waals surface area (Å²) >= 11 is 3.18. The van der Waals surface area contributed by atoms with Gasteiger partial charge in [-0.1, -0.05) is 18.2 Å². The maximum absolute atomic E-state index is 13.2. The number of fused-ring (bicyclic) bond motifs is 1. The van der Waals surface area contributed by atoms with Gasteiger partial charge in [-0.3, -0.25) is 0 Å². The van der Waals surface area contributed by atoms with E-state index in [1.54, 1.807) is 12.1 Å². The number of rotatable bonds is 3. The van der Waals surface area contributed by atoms with Crippen LogP contribution in [0.4, 0.5) is 10.1 Å². The normalized spacial score (nSPS) is 15.1. The molecule has 4 heteroatoms. The summed E-state index contributed by atoms with van der Waals surface area (Å²) in [6.07, 6.45) is 0.931. The number of benzene rings is 2. The topological polar surface area (TPSA) is 23.5 Å². The van der Waals surface area contributed by atoms with Crippen LogP contribution in [0.1, 0.15) is 22.8 Å². The van der Waals surface area contributed by atoms with Crippen LogP contribution in [0.15, 0.2) is 40.9 Å². The zero-order valence-corrected chi connectivity index (χ0v) is 13.4. The molecule has 0 aliphatic carbocycles. The van der Waals surface area contributed by atoms with Gasteiger partial charge in [0.05, 0.1) is 10.6 Å². The van der Waals surface area contributed by atoms with Gasteiger partial charge in [-0.05, 0) is 57.2 Å². The summed E-state index contributed by atoms with van der Waals surface area (Å²) < 4.78 is 13.7. The largest absolute Gasteiger partial charge is 0.388 e. The molecule has 0 saturated heterocycles. The molecule has 2 aromatic rings. The van der Waals surface area contributed by atoms with Crippen LogP contribution in [-0.2, 0) is 12.8 Å². The molecule has 2 nitrogen and oxygen atoms in total. The smallest absolute Gasteiger partial charge is 0.137 e. The minimum absolute atomic E-state index is 0.284. The Balaban J connectivity index is 1.79. The van der Waals surface area contributed by atoms with E-state index >= 15 is 0 Å². The molecule has 0 amide bonds. The van der Waals surface area contributed by atoms with Crippen LogP contribution in [0.2, 0.25) is 0 Å². The van der Waals surface area contributed by atoms with Gasteiger partial charge in [0.25, 0.3) is 0 Å². The molecule has 1 heterocycles. The van der Waals surface area contributed by atoms with Gasteiger partial charge in [-0.2, -0.15) is 0 Å². The lowest BCUT2D eigenvalue weighted by Crippen LogP contribution is -2.12. The second-order valence-corrected chi connectivity index (χ2v) is 6.38. The third kappa shape index (κ3) is 2.97. The molecule has 0 aromatic heterocycles. The van der Waals surface area contributed by atoms with Crippen molar-refractivity contribution >= 4 is 21.6 Å². The highest BCUT2D eigenvalue weighted by atomic mass is 79.9. The van der Waals surface area contributed by atoms with E-state index in [4.69, 9.17) is 0 Å². The Morgan fingerprint density at radius 2 is 2.10 bits per heavy atom. The molecule has 1 unspecified atom stereocenters. The first-order valence-corrected chi connectivity index (χ1v) is 7.80. The molecule has 110 valence electrons. The van der Waals surface area contributed by atoms with Gasteiger partial charge < -0.3 is 10.0 Å². The fourth-order valence-corrected chi connectivity index (χ4v) is 3.23. The van der Waals surface area contributed by atoms with Crippen molar-refractivity contribution in [1.29, 1.82) is 0 Å². The van der Waals surface area contributed by atoms with Crippen molar-refractivity contribution in [3.05, 3.63) is 63.4 Å². The molecule has 1 N–H and O–H groups in total. The predicted molar refractivity (Wildman–Crippen MR) is 86.2 cm³/mol. The van der Waals surface area contributed by atoms with E-state index in [1.807, 2.05) is 6.07 Å². The minimum atomic E-state index is -0.571. The Labute approximate surface area is 132 Å². The van der Waals surface area contributed by atoms with Crippen molar-refractivity contribution < 1.29 is 9.50 Å². The molecule has 0 fully saturated rings. The average Bonchev–Trinajstić information content (AvgIpc) is 2.84. The number of aliphatic hydroxyl groups is 1. The molecular formula is C17H17BrFNO. The second kappa shape index (κ2) is 5.78. The molecule has 0 radical (unpaired) electrons. The summed E-state index contributed by atoms with van der Waals surface area (Å²) in [6.45, 7) is 1.03. The van der Waals surface area contributed by atoms with E-state index in [2.05, 4.69) is 40.0 Å². The highest BCUT2D eigenvalue weighted by Crippen LogP contribution is 2.30. The standard InChI is InChI=1S/C17H17BrFNO/c1-20-7-6-12-10-13(3-5-16(12)20)17(21)9-11-2-4-15(19)14(18)8-11/h2-5,8,10,17,21H,6-7,9H2,1H3. The summed E-state index contributed by atoms with van der Waals surface area (Å²) in [5, 5.41) is 10.4. The Morgan fingerprint density at radius 3 is 2.86 bits per heavy atom. The molecule has 0 saturated carbocycles. The van der Waals surface area contributed by atoms with Crippen molar-refractivity contribution in [3.8, 4) is 0 Å². The lowest BCUT2D eigenvalue weighted by molar-refractivity contribution is 0.178. The van der Waals surface area contributed by atoms with Crippen molar-refractivity contribution in [2.75, 3.05) is 18.5 Å². The van der Waals surface area contributed by atoms with E-state index in [0.717, 1.165) is 24.1 Å². The van der Waals surface area contributed by atoms with Crippen LogP contribution < -0.4 is 4.90 Å². The fraction of sp³-hybridized carbons (Fsp3) is 0.294. The first kappa shape index (κ1) is 14.5. The van der Waals surface area contributed by atoms with Crippen molar-refractivity contribution in [2.24, 2.45) is 0 Å². The van der Waals surface area contributed by atoms with Crippen molar-refractivity contribution in [1.82, 2.24) is 0 Å². The second-order valence-electron chi connectivity index (χ2n) is 5.53. The number of anilines is 1. The van der Waals surface area contributed by atoms with E-state index in [0.29, 0.717) is 10.9 Å². The van der Waals surface area contributed by atoms with Gasteiger partial charge in [0.2, 0.25) is 0 Å². The van der Waals surface area contributed by atoms with Gasteiger partial charge >= 0.3 is 0 Å². The summed E-state index contributed by atoms with van der Waals surface area (Å²) in [5.41, 5.74) is 4.36. The monoisotopic (exact) mass is 349 g/mol. The highest BCUT2D eigenvalue weighted by molar-refractivity contribution is 9.10. The number of nitrogens with zero attached hydrogens (tertiary/aromatic N) is 1. The molecule has 1 atom stereocenters. The van der Waals surface area contributed by atoms with Gasteiger partial charge in [-0.15, -0.1) is 0 Å². The Bertz CT molecular complexity index is 674. The molecule has 1 aliphatic rings. The van der Waals surface area contributed by atoms with Gasteiger partial charge in [0.1, 0.15) is 5.82 Å². The van der Waals surface area contributed by atoms with Crippen molar-refractivity contribution in [2.45, 2.75) is 18.9 Å². The number of hydrogen-bond acceptors (Lipinski definition) is 2. The lowest BCUT2D eigenvalue weighted by atomic mass is 9.99. The Hall–Kier alpha value is -1.39. The summed E-state index contributed by atoms with van der Waals surface area (Å²) in [5.74, 6) is -0.284. The molecular weight excluding hydrogens is 333 g/mol. The van der Waals surface area contributed by atoms with Gasteiger partial charge in [-0.25, -0.2) is 4.39 Å². The zero-order chi connectivity index (χ0) is 15.0. The summed E-state index contributed by atoms with van der Waals surface area (Å²) in [4.78, 5) is 2.22. The van der Waals surface area contributed by atoms with E-state index in [1.165, 1.54) is 17.3 Å². The summed E-state index contributed by atoms with van der Waals surface area (Å²) in [6, 6.07) is 11.0. The van der Waals surface area contributed by atoms with E-state index < -0.39 is 6.10 Å². The van der Waals surface area contributed by atoms with Gasteiger partial charge in [0.15, 0.2) is 0 Å². The molecule has 0 spiro atoms. The number of halogens is 2. The van der Waals surface area contributed by atoms with Crippen LogP contribution in [0.3, 0.4) is 0 Å². The predicted octanol–water partition coefficient (Wildman–Crippen LogP) is 3.86. The lowest BCUT2D eigenvalue weighted by Gasteiger charge is -2.15. The Kier molecular flexibility index (Phi) is 4.00. The Morgan fingerprint density at radius 1 is 1.29 bits per heavy atom. The van der Waals surface area contributed by atoms with Crippen LogP contribution in [0.25, 0.3) is 0 Å². The quantitative estimate of drug-likeness (QED) is 0.909. The maximum atomic E-state index is 13.2. The van der Waals surface area contributed by atoms with Crippen molar-refractivity contribution in [3.63, 3.8) is 0 Å². The first-order chi connectivity index (χ1) is 10.0. The third-order valence-corrected chi connectivity index (χ3v) is 4.64. The zero-order valence-electron chi connectivity index (χ0n) is 11.8. The number of hydrogen-bond donors (Lipinski definition) is 1. The highest BCUT2D eigenvalue weighted by Gasteiger charge is 2.18. The van der Waals surface area contributed by atoms with E-state index in [-0.39, 0.29) is 5.82 Å².